The Bertz CT molecular complexity index is 898. The van der Waals surface area contributed by atoms with Crippen LogP contribution in [-0.4, -0.2) is 24.6 Å². The van der Waals surface area contributed by atoms with Gasteiger partial charge in [0.2, 0.25) is 0 Å². The SMILES string of the molecule is Cc1ccc(C(=O)OCC2=CC(=O)OC3Cc4occc4C=C23)cc1. The molecular formula is C20H16O5. The van der Waals surface area contributed by atoms with Crippen molar-refractivity contribution in [2.24, 2.45) is 0 Å². The Morgan fingerprint density at radius 3 is 2.80 bits per heavy atom. The van der Waals surface area contributed by atoms with E-state index in [0.717, 1.165) is 22.5 Å². The third kappa shape index (κ3) is 3.01. The highest BCUT2D eigenvalue weighted by molar-refractivity contribution is 5.90. The molecule has 4 rings (SSSR count). The number of ether oxygens (including phenoxy) is 2. The first-order chi connectivity index (χ1) is 12.1. The maximum absolute atomic E-state index is 12.2. The number of carbonyl (C=O) groups excluding carboxylic acids is 2. The summed E-state index contributed by atoms with van der Waals surface area (Å²) in [5.41, 5.74) is 4.02. The van der Waals surface area contributed by atoms with Crippen molar-refractivity contribution in [3.63, 3.8) is 0 Å². The molecule has 0 fully saturated rings. The summed E-state index contributed by atoms with van der Waals surface area (Å²) in [6.07, 6.45) is 5.01. The predicted molar refractivity (Wildman–Crippen MR) is 89.8 cm³/mol. The van der Waals surface area contributed by atoms with Crippen LogP contribution in [-0.2, 0) is 20.7 Å². The summed E-state index contributed by atoms with van der Waals surface area (Å²) >= 11 is 0. The number of rotatable bonds is 3. The van der Waals surface area contributed by atoms with Crippen molar-refractivity contribution in [2.45, 2.75) is 19.4 Å². The van der Waals surface area contributed by atoms with Crippen LogP contribution >= 0.6 is 0 Å². The highest BCUT2D eigenvalue weighted by Gasteiger charge is 2.32. The van der Waals surface area contributed by atoms with Gasteiger partial charge in [-0.15, -0.1) is 0 Å². The summed E-state index contributed by atoms with van der Waals surface area (Å²) < 4.78 is 16.2. The topological polar surface area (TPSA) is 65.7 Å². The molecule has 1 aliphatic heterocycles. The van der Waals surface area contributed by atoms with Gasteiger partial charge in [-0.05, 0) is 31.2 Å². The molecule has 0 spiro atoms. The quantitative estimate of drug-likeness (QED) is 0.805. The molecule has 1 atom stereocenters. The molecule has 2 heterocycles. The van der Waals surface area contributed by atoms with Crippen molar-refractivity contribution in [3.8, 4) is 0 Å². The molecule has 1 aliphatic carbocycles. The number of hydrogen-bond acceptors (Lipinski definition) is 5. The maximum Gasteiger partial charge on any atom is 0.338 e. The second-order valence-corrected chi connectivity index (χ2v) is 6.14. The van der Waals surface area contributed by atoms with E-state index in [4.69, 9.17) is 13.9 Å². The van der Waals surface area contributed by atoms with Crippen LogP contribution in [0.15, 0.2) is 58.2 Å². The molecule has 25 heavy (non-hydrogen) atoms. The lowest BCUT2D eigenvalue weighted by Gasteiger charge is -2.28. The number of furan rings is 1. The van der Waals surface area contributed by atoms with Crippen molar-refractivity contribution < 1.29 is 23.5 Å². The van der Waals surface area contributed by atoms with E-state index in [-0.39, 0.29) is 6.61 Å². The zero-order valence-corrected chi connectivity index (χ0v) is 13.7. The highest BCUT2D eigenvalue weighted by Crippen LogP contribution is 2.33. The number of esters is 2. The first-order valence-electron chi connectivity index (χ1n) is 8.03. The fourth-order valence-corrected chi connectivity index (χ4v) is 3.03. The minimum atomic E-state index is -0.432. The minimum Gasteiger partial charge on any atom is -0.469 e. The Kier molecular flexibility index (Phi) is 3.76. The molecule has 0 amide bonds. The minimum absolute atomic E-state index is 0.0251. The van der Waals surface area contributed by atoms with Crippen LogP contribution < -0.4 is 0 Å². The predicted octanol–water partition coefficient (Wildman–Crippen LogP) is 3.24. The Balaban J connectivity index is 1.54. The summed E-state index contributed by atoms with van der Waals surface area (Å²) in [4.78, 5) is 24.0. The van der Waals surface area contributed by atoms with Crippen molar-refractivity contribution in [1.82, 2.24) is 0 Å². The largest absolute Gasteiger partial charge is 0.469 e. The Hall–Kier alpha value is -3.08. The van der Waals surface area contributed by atoms with Crippen molar-refractivity contribution in [1.29, 1.82) is 0 Å². The zero-order chi connectivity index (χ0) is 17.4. The number of aryl methyl sites for hydroxylation is 1. The fourth-order valence-electron chi connectivity index (χ4n) is 3.03. The van der Waals surface area contributed by atoms with Crippen molar-refractivity contribution in [3.05, 3.63) is 76.3 Å². The summed E-state index contributed by atoms with van der Waals surface area (Å²) in [7, 11) is 0. The van der Waals surface area contributed by atoms with E-state index in [1.54, 1.807) is 18.4 Å². The molecule has 5 heteroatoms. The number of fused-ring (bicyclic) bond motifs is 2. The summed E-state index contributed by atoms with van der Waals surface area (Å²) in [6, 6.07) is 9.02. The van der Waals surface area contributed by atoms with Gasteiger partial charge in [0.25, 0.3) is 0 Å². The van der Waals surface area contributed by atoms with E-state index >= 15 is 0 Å². The Labute approximate surface area is 144 Å². The Morgan fingerprint density at radius 1 is 1.20 bits per heavy atom. The average Bonchev–Trinajstić information content (AvgIpc) is 3.05. The van der Waals surface area contributed by atoms with Gasteiger partial charge in [0, 0.05) is 29.2 Å². The lowest BCUT2D eigenvalue weighted by atomic mass is 9.88. The van der Waals surface area contributed by atoms with Gasteiger partial charge in [-0.1, -0.05) is 17.7 Å². The van der Waals surface area contributed by atoms with E-state index < -0.39 is 18.0 Å². The lowest BCUT2D eigenvalue weighted by Crippen LogP contribution is -2.31. The molecule has 126 valence electrons. The van der Waals surface area contributed by atoms with Gasteiger partial charge in [0.05, 0.1) is 11.8 Å². The van der Waals surface area contributed by atoms with Crippen LogP contribution in [0.3, 0.4) is 0 Å². The van der Waals surface area contributed by atoms with E-state index in [9.17, 15) is 9.59 Å². The normalized spacial score (nSPS) is 18.4. The molecule has 0 N–H and O–H groups in total. The van der Waals surface area contributed by atoms with E-state index in [0.29, 0.717) is 17.6 Å². The van der Waals surface area contributed by atoms with E-state index in [1.807, 2.05) is 31.2 Å². The molecule has 0 bridgehead atoms. The molecule has 2 aliphatic rings. The van der Waals surface area contributed by atoms with Crippen LogP contribution in [0.1, 0.15) is 27.2 Å². The van der Waals surface area contributed by atoms with Gasteiger partial charge in [0.1, 0.15) is 18.5 Å². The molecule has 5 nitrogen and oxygen atoms in total. The summed E-state index contributed by atoms with van der Waals surface area (Å²) in [5.74, 6) is -0.0604. The molecule has 0 saturated heterocycles. The molecule has 0 radical (unpaired) electrons. The lowest BCUT2D eigenvalue weighted by molar-refractivity contribution is -0.142. The first-order valence-corrected chi connectivity index (χ1v) is 8.03. The van der Waals surface area contributed by atoms with Crippen LogP contribution in [0, 0.1) is 6.92 Å². The monoisotopic (exact) mass is 336 g/mol. The number of benzene rings is 1. The summed E-state index contributed by atoms with van der Waals surface area (Å²) in [5, 5.41) is 0. The molecule has 0 saturated carbocycles. The number of hydrogen-bond donors (Lipinski definition) is 0. The highest BCUT2D eigenvalue weighted by atomic mass is 16.5. The van der Waals surface area contributed by atoms with Gasteiger partial charge in [0.15, 0.2) is 0 Å². The van der Waals surface area contributed by atoms with Crippen molar-refractivity contribution >= 4 is 18.0 Å². The molecule has 1 aromatic carbocycles. The molecule has 1 aromatic heterocycles. The van der Waals surface area contributed by atoms with Gasteiger partial charge < -0.3 is 13.9 Å². The van der Waals surface area contributed by atoms with Gasteiger partial charge >= 0.3 is 11.9 Å². The average molecular weight is 336 g/mol. The van der Waals surface area contributed by atoms with Crippen molar-refractivity contribution in [2.75, 3.05) is 6.61 Å². The van der Waals surface area contributed by atoms with Crippen LogP contribution in [0.25, 0.3) is 6.08 Å². The third-order valence-corrected chi connectivity index (χ3v) is 4.38. The maximum atomic E-state index is 12.2. The van der Waals surface area contributed by atoms with E-state index in [1.165, 1.54) is 6.08 Å². The molecule has 2 aromatic rings. The van der Waals surface area contributed by atoms with E-state index in [2.05, 4.69) is 0 Å². The standard InChI is InChI=1S/C20H16O5/c1-12-2-4-13(5-3-12)20(22)24-11-15-9-19(21)25-18-10-17-14(6-7-23-17)8-16(15)18/h2-9,18H,10-11H2,1H3. The third-order valence-electron chi connectivity index (χ3n) is 4.38. The molecular weight excluding hydrogens is 320 g/mol. The second kappa shape index (κ2) is 6.09. The van der Waals surface area contributed by atoms with Crippen LogP contribution in [0.2, 0.25) is 0 Å². The smallest absolute Gasteiger partial charge is 0.338 e. The first kappa shape index (κ1) is 15.4. The Morgan fingerprint density at radius 2 is 2.00 bits per heavy atom. The van der Waals surface area contributed by atoms with Crippen LogP contribution in [0.4, 0.5) is 0 Å². The van der Waals surface area contributed by atoms with Gasteiger partial charge in [-0.2, -0.15) is 0 Å². The number of carbonyl (C=O) groups is 2. The summed E-state index contributed by atoms with van der Waals surface area (Å²) in [6.45, 7) is 1.98. The second-order valence-electron chi connectivity index (χ2n) is 6.14. The fraction of sp³-hybridized carbons (Fsp3) is 0.200. The van der Waals surface area contributed by atoms with Crippen LogP contribution in [0.5, 0.6) is 0 Å². The van der Waals surface area contributed by atoms with Gasteiger partial charge in [-0.25, -0.2) is 9.59 Å². The zero-order valence-electron chi connectivity index (χ0n) is 13.7. The molecule has 1 unspecified atom stereocenters. The van der Waals surface area contributed by atoms with Gasteiger partial charge in [-0.3, -0.25) is 0 Å².